The summed E-state index contributed by atoms with van der Waals surface area (Å²) in [6.45, 7) is 10.4. The van der Waals surface area contributed by atoms with Crippen LogP contribution in [0.3, 0.4) is 0 Å². The van der Waals surface area contributed by atoms with Crippen LogP contribution in [-0.4, -0.2) is 41.0 Å². The monoisotopic (exact) mass is 562 g/mol. The van der Waals surface area contributed by atoms with Gasteiger partial charge < -0.3 is 14.6 Å². The number of carbonyl (C=O) groups excluding carboxylic acids is 3. The molecule has 3 aromatic rings. The summed E-state index contributed by atoms with van der Waals surface area (Å²) in [6, 6.07) is 13.4. The lowest BCUT2D eigenvalue weighted by molar-refractivity contribution is -0.132. The van der Waals surface area contributed by atoms with E-state index in [1.165, 1.54) is 4.90 Å². The summed E-state index contributed by atoms with van der Waals surface area (Å²) >= 11 is 0.984. The van der Waals surface area contributed by atoms with E-state index in [1.54, 1.807) is 38.1 Å². The lowest BCUT2D eigenvalue weighted by Crippen LogP contribution is -2.29. The highest BCUT2D eigenvalue weighted by Gasteiger charge is 2.48. The number of hydrogen-bond donors (Lipinski definition) is 1. The molecule has 1 N–H and O–H groups in total. The van der Waals surface area contributed by atoms with E-state index in [4.69, 9.17) is 9.47 Å². The standard InChI is InChI=1S/C31H34N2O6S/c1-6-8-17-39-23-15-13-22(14-16-23)26(34)24-25(21-11-9-20(10-12-21)18(3)4)33(29(36)27(24)35)31-32-19(5)28(40-31)30(37)38-7-2/h9-16,18,25,34H,6-8,17H2,1-5H3/b26-24-. The number of hydrogen-bond acceptors (Lipinski definition) is 8. The van der Waals surface area contributed by atoms with Crippen LogP contribution in [0, 0.1) is 6.92 Å². The number of anilines is 1. The average molecular weight is 563 g/mol. The van der Waals surface area contributed by atoms with Crippen molar-refractivity contribution in [3.63, 3.8) is 0 Å². The number of benzene rings is 2. The van der Waals surface area contributed by atoms with Crippen LogP contribution in [0.1, 0.15) is 84.6 Å². The second-order valence-electron chi connectivity index (χ2n) is 9.85. The number of carbonyl (C=O) groups is 3. The third-order valence-electron chi connectivity index (χ3n) is 6.71. The van der Waals surface area contributed by atoms with Gasteiger partial charge in [-0.1, -0.05) is 62.8 Å². The van der Waals surface area contributed by atoms with Crippen molar-refractivity contribution in [1.29, 1.82) is 0 Å². The van der Waals surface area contributed by atoms with E-state index in [0.717, 1.165) is 29.7 Å². The number of esters is 1. The first-order chi connectivity index (χ1) is 19.2. The van der Waals surface area contributed by atoms with Gasteiger partial charge in [0.15, 0.2) is 5.13 Å². The third kappa shape index (κ3) is 5.79. The second-order valence-corrected chi connectivity index (χ2v) is 10.8. The van der Waals surface area contributed by atoms with Crippen LogP contribution in [0.25, 0.3) is 5.76 Å². The van der Waals surface area contributed by atoms with Crippen LogP contribution in [0.5, 0.6) is 5.75 Å². The molecule has 1 fully saturated rings. The van der Waals surface area contributed by atoms with Gasteiger partial charge in [0.05, 0.1) is 30.5 Å². The fraction of sp³-hybridized carbons (Fsp3) is 0.355. The maximum absolute atomic E-state index is 13.5. The predicted molar refractivity (Wildman–Crippen MR) is 155 cm³/mol. The Balaban J connectivity index is 1.82. The lowest BCUT2D eigenvalue weighted by Gasteiger charge is -2.23. The van der Waals surface area contributed by atoms with Gasteiger partial charge >= 0.3 is 11.9 Å². The van der Waals surface area contributed by atoms with E-state index in [9.17, 15) is 19.5 Å². The quantitative estimate of drug-likeness (QED) is 0.0981. The number of ketones is 1. The fourth-order valence-corrected chi connectivity index (χ4v) is 5.47. The maximum Gasteiger partial charge on any atom is 0.350 e. The van der Waals surface area contributed by atoms with Crippen molar-refractivity contribution >= 4 is 39.9 Å². The van der Waals surface area contributed by atoms with Crippen molar-refractivity contribution in [1.82, 2.24) is 4.98 Å². The highest BCUT2D eigenvalue weighted by Crippen LogP contribution is 2.44. The van der Waals surface area contributed by atoms with Crippen molar-refractivity contribution in [2.75, 3.05) is 18.1 Å². The molecule has 0 aliphatic carbocycles. The molecule has 1 atom stereocenters. The molecule has 8 nitrogen and oxygen atoms in total. The molecule has 0 saturated carbocycles. The predicted octanol–water partition coefficient (Wildman–Crippen LogP) is 6.56. The van der Waals surface area contributed by atoms with Crippen molar-refractivity contribution in [3.8, 4) is 5.75 Å². The number of rotatable bonds is 10. The van der Waals surface area contributed by atoms with Gasteiger partial charge in [0.2, 0.25) is 0 Å². The first-order valence-corrected chi connectivity index (χ1v) is 14.3. The minimum absolute atomic E-state index is 0.0486. The largest absolute Gasteiger partial charge is 0.507 e. The Morgan fingerprint density at radius 3 is 2.35 bits per heavy atom. The average Bonchev–Trinajstić information content (AvgIpc) is 3.45. The normalized spacial score (nSPS) is 16.6. The molecule has 4 rings (SSSR count). The molecule has 1 aliphatic rings. The number of amides is 1. The number of nitrogens with zero attached hydrogens (tertiary/aromatic N) is 2. The highest BCUT2D eigenvalue weighted by molar-refractivity contribution is 7.17. The number of thiazole rings is 1. The van der Waals surface area contributed by atoms with Crippen molar-refractivity contribution in [2.45, 2.75) is 59.4 Å². The summed E-state index contributed by atoms with van der Waals surface area (Å²) in [4.78, 5) is 45.4. The van der Waals surface area contributed by atoms with E-state index in [-0.39, 0.29) is 33.9 Å². The number of ether oxygens (including phenoxy) is 2. The van der Waals surface area contributed by atoms with Crippen LogP contribution in [0.2, 0.25) is 0 Å². The SMILES string of the molecule is CCCCOc1ccc(/C(O)=C2/C(=O)C(=O)N(c3nc(C)c(C(=O)OCC)s3)C2c2ccc(C(C)C)cc2)cc1. The molecule has 2 aromatic carbocycles. The van der Waals surface area contributed by atoms with Gasteiger partial charge in [0.25, 0.3) is 5.78 Å². The zero-order valence-electron chi connectivity index (χ0n) is 23.4. The van der Waals surface area contributed by atoms with E-state index < -0.39 is 23.7 Å². The Morgan fingerprint density at radius 2 is 1.75 bits per heavy atom. The van der Waals surface area contributed by atoms with E-state index in [2.05, 4.69) is 25.8 Å². The second kappa shape index (κ2) is 12.5. The summed E-state index contributed by atoms with van der Waals surface area (Å²) in [5.74, 6) is -1.56. The van der Waals surface area contributed by atoms with E-state index >= 15 is 0 Å². The van der Waals surface area contributed by atoms with Gasteiger partial charge in [-0.3, -0.25) is 14.5 Å². The highest BCUT2D eigenvalue weighted by atomic mass is 32.1. The molecule has 1 amide bonds. The fourth-order valence-electron chi connectivity index (χ4n) is 4.48. The first-order valence-electron chi connectivity index (χ1n) is 13.5. The van der Waals surface area contributed by atoms with Crippen LogP contribution in [-0.2, 0) is 14.3 Å². The molecule has 2 heterocycles. The number of aryl methyl sites for hydroxylation is 1. The van der Waals surface area contributed by atoms with Gasteiger partial charge in [-0.15, -0.1) is 0 Å². The Morgan fingerprint density at radius 1 is 1.07 bits per heavy atom. The number of aliphatic hydroxyl groups excluding tert-OH is 1. The Kier molecular flexibility index (Phi) is 9.04. The summed E-state index contributed by atoms with van der Waals surface area (Å²) < 4.78 is 10.9. The minimum atomic E-state index is -0.942. The molecule has 1 aromatic heterocycles. The molecule has 0 radical (unpaired) electrons. The Labute approximate surface area is 238 Å². The molecule has 0 spiro atoms. The summed E-state index contributed by atoms with van der Waals surface area (Å²) in [5, 5.41) is 11.6. The number of aromatic nitrogens is 1. The summed E-state index contributed by atoms with van der Waals surface area (Å²) in [7, 11) is 0. The van der Waals surface area contributed by atoms with E-state index in [0.29, 0.717) is 29.2 Å². The van der Waals surface area contributed by atoms with Crippen LogP contribution < -0.4 is 9.64 Å². The molecule has 1 aliphatic heterocycles. The van der Waals surface area contributed by atoms with Crippen molar-refractivity contribution in [3.05, 3.63) is 81.4 Å². The number of aliphatic hydroxyl groups is 1. The van der Waals surface area contributed by atoms with Crippen molar-refractivity contribution in [2.24, 2.45) is 0 Å². The molecule has 40 heavy (non-hydrogen) atoms. The topological polar surface area (TPSA) is 106 Å². The van der Waals surface area contributed by atoms with Crippen molar-refractivity contribution < 1.29 is 29.0 Å². The number of Topliss-reactive ketones (excluding diaryl/α,β-unsaturated/α-hetero) is 1. The smallest absolute Gasteiger partial charge is 0.350 e. The maximum atomic E-state index is 13.5. The van der Waals surface area contributed by atoms with Crippen LogP contribution >= 0.6 is 11.3 Å². The Bertz CT molecular complexity index is 1420. The van der Waals surface area contributed by atoms with Crippen LogP contribution in [0.4, 0.5) is 5.13 Å². The minimum Gasteiger partial charge on any atom is -0.507 e. The first kappa shape index (κ1) is 29.0. The zero-order chi connectivity index (χ0) is 29.0. The van der Waals surface area contributed by atoms with E-state index in [1.807, 2.05) is 24.3 Å². The molecule has 1 saturated heterocycles. The van der Waals surface area contributed by atoms with Gasteiger partial charge in [-0.25, -0.2) is 9.78 Å². The molecule has 1 unspecified atom stereocenters. The van der Waals surface area contributed by atoms with Gasteiger partial charge in [-0.2, -0.15) is 0 Å². The Hall–Kier alpha value is -3.98. The molecule has 0 bridgehead atoms. The van der Waals surface area contributed by atoms with Gasteiger partial charge in [0, 0.05) is 5.56 Å². The summed E-state index contributed by atoms with van der Waals surface area (Å²) in [6.07, 6.45) is 1.94. The third-order valence-corrected chi connectivity index (χ3v) is 7.85. The van der Waals surface area contributed by atoms with Gasteiger partial charge in [-0.05, 0) is 61.6 Å². The molecule has 210 valence electrons. The zero-order valence-corrected chi connectivity index (χ0v) is 24.2. The van der Waals surface area contributed by atoms with Crippen LogP contribution in [0.15, 0.2) is 54.1 Å². The molecular weight excluding hydrogens is 528 g/mol. The number of unbranched alkanes of at least 4 members (excludes halogenated alkanes) is 1. The van der Waals surface area contributed by atoms with Gasteiger partial charge in [0.1, 0.15) is 16.4 Å². The lowest BCUT2D eigenvalue weighted by atomic mass is 9.93. The molecule has 9 heteroatoms. The summed E-state index contributed by atoms with van der Waals surface area (Å²) in [5.41, 5.74) is 2.46. The molecular formula is C31H34N2O6S.